The van der Waals surface area contributed by atoms with Crippen molar-refractivity contribution in [3.8, 4) is 11.5 Å². The molecule has 0 aromatic heterocycles. The van der Waals surface area contributed by atoms with Gasteiger partial charge < -0.3 is 18.9 Å². The predicted molar refractivity (Wildman–Crippen MR) is 68.6 cm³/mol. The molecular formula is C14H18O5. The molecule has 104 valence electrons. The molecule has 0 aliphatic carbocycles. The number of fused-ring (bicyclic) bond motifs is 1. The third-order valence-electron chi connectivity index (χ3n) is 2.74. The fourth-order valence-corrected chi connectivity index (χ4v) is 2.04. The van der Waals surface area contributed by atoms with Gasteiger partial charge in [0.05, 0.1) is 24.3 Å². The van der Waals surface area contributed by atoms with Crippen molar-refractivity contribution in [1.82, 2.24) is 0 Å². The molecular weight excluding hydrogens is 248 g/mol. The van der Waals surface area contributed by atoms with Crippen molar-refractivity contribution >= 4 is 5.97 Å². The Labute approximate surface area is 112 Å². The molecule has 0 N–H and O–H groups in total. The topological polar surface area (TPSA) is 54.0 Å². The quantitative estimate of drug-likeness (QED) is 0.741. The van der Waals surface area contributed by atoms with Crippen molar-refractivity contribution < 1.29 is 23.7 Å². The number of hydrogen-bond acceptors (Lipinski definition) is 5. The first-order valence-corrected chi connectivity index (χ1v) is 6.47. The highest BCUT2D eigenvalue weighted by molar-refractivity contribution is 5.95. The van der Waals surface area contributed by atoms with Crippen molar-refractivity contribution in [3.05, 3.63) is 23.3 Å². The van der Waals surface area contributed by atoms with E-state index in [9.17, 15) is 4.79 Å². The zero-order valence-corrected chi connectivity index (χ0v) is 11.4. The molecule has 1 heterocycles. The molecule has 0 spiro atoms. The van der Waals surface area contributed by atoms with E-state index in [0.717, 1.165) is 0 Å². The minimum Gasteiger partial charge on any atom is -0.490 e. The third kappa shape index (κ3) is 2.51. The molecule has 1 atom stereocenters. The lowest BCUT2D eigenvalue weighted by molar-refractivity contribution is -0.100. The largest absolute Gasteiger partial charge is 0.490 e. The molecule has 0 fully saturated rings. The summed E-state index contributed by atoms with van der Waals surface area (Å²) in [6, 6.07) is 3.41. The van der Waals surface area contributed by atoms with Crippen LogP contribution in [0.5, 0.6) is 11.5 Å². The van der Waals surface area contributed by atoms with E-state index in [2.05, 4.69) is 0 Å². The van der Waals surface area contributed by atoms with Crippen LogP contribution in [0.4, 0.5) is 0 Å². The van der Waals surface area contributed by atoms with E-state index in [1.165, 1.54) is 0 Å². The summed E-state index contributed by atoms with van der Waals surface area (Å²) in [5, 5.41) is 0. The maximum absolute atomic E-state index is 11.8. The van der Waals surface area contributed by atoms with Gasteiger partial charge >= 0.3 is 5.97 Å². The van der Waals surface area contributed by atoms with Crippen LogP contribution in [-0.2, 0) is 9.47 Å². The van der Waals surface area contributed by atoms with Crippen molar-refractivity contribution in [2.45, 2.75) is 27.1 Å². The summed E-state index contributed by atoms with van der Waals surface area (Å²) in [5.74, 6) is 0.745. The first-order chi connectivity index (χ1) is 9.22. The summed E-state index contributed by atoms with van der Waals surface area (Å²) in [7, 11) is 0. The average molecular weight is 266 g/mol. The van der Waals surface area contributed by atoms with Crippen LogP contribution < -0.4 is 9.47 Å². The molecule has 1 aromatic carbocycles. The molecule has 0 saturated carbocycles. The summed E-state index contributed by atoms with van der Waals surface area (Å²) in [4.78, 5) is 11.8. The van der Waals surface area contributed by atoms with E-state index in [-0.39, 0.29) is 0 Å². The number of ether oxygens (including phenoxy) is 4. The monoisotopic (exact) mass is 266 g/mol. The number of benzene rings is 1. The van der Waals surface area contributed by atoms with Gasteiger partial charge in [0.2, 0.25) is 6.29 Å². The maximum atomic E-state index is 11.8. The SMILES string of the molecule is CCOc1ccc2c(c1OCC)C(OCC)OC2=O. The van der Waals surface area contributed by atoms with Crippen LogP contribution in [0, 0.1) is 0 Å². The van der Waals surface area contributed by atoms with Gasteiger partial charge in [0.1, 0.15) is 0 Å². The molecule has 0 saturated heterocycles. The Morgan fingerprint density at radius 2 is 1.84 bits per heavy atom. The first-order valence-electron chi connectivity index (χ1n) is 6.47. The highest BCUT2D eigenvalue weighted by Crippen LogP contribution is 2.43. The van der Waals surface area contributed by atoms with Gasteiger partial charge in [-0.1, -0.05) is 0 Å². The van der Waals surface area contributed by atoms with Crippen LogP contribution in [0.15, 0.2) is 12.1 Å². The molecule has 1 aliphatic heterocycles. The van der Waals surface area contributed by atoms with Crippen molar-refractivity contribution in [2.24, 2.45) is 0 Å². The minimum absolute atomic E-state index is 0.391. The zero-order chi connectivity index (χ0) is 13.8. The summed E-state index contributed by atoms with van der Waals surface area (Å²) >= 11 is 0. The van der Waals surface area contributed by atoms with Crippen molar-refractivity contribution in [2.75, 3.05) is 19.8 Å². The Kier molecular flexibility index (Phi) is 4.27. The van der Waals surface area contributed by atoms with Crippen LogP contribution >= 0.6 is 0 Å². The number of rotatable bonds is 6. The van der Waals surface area contributed by atoms with Crippen LogP contribution in [-0.4, -0.2) is 25.8 Å². The predicted octanol–water partition coefficient (Wildman–Crippen LogP) is 2.69. The molecule has 1 unspecified atom stereocenters. The number of esters is 1. The third-order valence-corrected chi connectivity index (χ3v) is 2.74. The van der Waals surface area contributed by atoms with E-state index in [1.807, 2.05) is 20.8 Å². The smallest absolute Gasteiger partial charge is 0.341 e. The van der Waals surface area contributed by atoms with Crippen LogP contribution in [0.2, 0.25) is 0 Å². The molecule has 5 nitrogen and oxygen atoms in total. The van der Waals surface area contributed by atoms with E-state index in [1.54, 1.807) is 12.1 Å². The minimum atomic E-state index is -0.713. The molecule has 0 radical (unpaired) electrons. The number of carbonyl (C=O) groups is 1. The van der Waals surface area contributed by atoms with Gasteiger partial charge in [-0.05, 0) is 32.9 Å². The normalized spacial score (nSPS) is 17.0. The summed E-state index contributed by atoms with van der Waals surface area (Å²) in [6.45, 7) is 7.06. The molecule has 5 heteroatoms. The Balaban J connectivity index is 2.49. The molecule has 1 aliphatic rings. The number of hydrogen-bond donors (Lipinski definition) is 0. The highest BCUT2D eigenvalue weighted by atomic mass is 16.7. The Morgan fingerprint density at radius 1 is 1.11 bits per heavy atom. The average Bonchev–Trinajstić information content (AvgIpc) is 2.70. The zero-order valence-electron chi connectivity index (χ0n) is 11.4. The van der Waals surface area contributed by atoms with Crippen molar-refractivity contribution in [3.63, 3.8) is 0 Å². The molecule has 0 bridgehead atoms. The summed E-state index contributed by atoms with van der Waals surface area (Å²) in [6.07, 6.45) is -0.713. The fourth-order valence-electron chi connectivity index (χ4n) is 2.04. The van der Waals surface area contributed by atoms with E-state index in [4.69, 9.17) is 18.9 Å². The van der Waals surface area contributed by atoms with Crippen LogP contribution in [0.3, 0.4) is 0 Å². The van der Waals surface area contributed by atoms with E-state index >= 15 is 0 Å². The molecule has 1 aromatic rings. The van der Waals surface area contributed by atoms with Crippen molar-refractivity contribution in [1.29, 1.82) is 0 Å². The van der Waals surface area contributed by atoms with Gasteiger partial charge in [0.25, 0.3) is 0 Å². The van der Waals surface area contributed by atoms with Gasteiger partial charge in [-0.3, -0.25) is 0 Å². The van der Waals surface area contributed by atoms with E-state index in [0.29, 0.717) is 42.4 Å². The first kappa shape index (κ1) is 13.7. The maximum Gasteiger partial charge on any atom is 0.341 e. The lowest BCUT2D eigenvalue weighted by Crippen LogP contribution is -2.07. The molecule has 0 amide bonds. The molecule has 2 rings (SSSR count). The molecule has 19 heavy (non-hydrogen) atoms. The second kappa shape index (κ2) is 5.93. The fraction of sp³-hybridized carbons (Fsp3) is 0.500. The number of cyclic esters (lactones) is 1. The van der Waals surface area contributed by atoms with Gasteiger partial charge in [-0.2, -0.15) is 0 Å². The lowest BCUT2D eigenvalue weighted by Gasteiger charge is -2.17. The summed E-state index contributed by atoms with van der Waals surface area (Å²) in [5.41, 5.74) is 1.10. The standard InChI is InChI=1S/C14H18O5/c1-4-16-10-8-7-9-11(12(10)17-5-2)14(18-6-3)19-13(9)15/h7-8,14H,4-6H2,1-3H3. The highest BCUT2D eigenvalue weighted by Gasteiger charge is 2.36. The second-order valence-electron chi connectivity index (χ2n) is 3.91. The number of carbonyl (C=O) groups excluding carboxylic acids is 1. The Bertz CT molecular complexity index is 469. The van der Waals surface area contributed by atoms with Crippen LogP contribution in [0.1, 0.15) is 43.0 Å². The Morgan fingerprint density at radius 3 is 2.47 bits per heavy atom. The van der Waals surface area contributed by atoms with Crippen LogP contribution in [0.25, 0.3) is 0 Å². The van der Waals surface area contributed by atoms with Gasteiger partial charge in [0, 0.05) is 6.61 Å². The Hall–Kier alpha value is -1.75. The summed E-state index contributed by atoms with van der Waals surface area (Å²) < 4.78 is 21.8. The van der Waals surface area contributed by atoms with Gasteiger partial charge in [-0.15, -0.1) is 0 Å². The second-order valence-corrected chi connectivity index (χ2v) is 3.91. The van der Waals surface area contributed by atoms with E-state index < -0.39 is 12.3 Å². The lowest BCUT2D eigenvalue weighted by atomic mass is 10.1. The van der Waals surface area contributed by atoms with Gasteiger partial charge in [-0.25, -0.2) is 4.79 Å². The van der Waals surface area contributed by atoms with Gasteiger partial charge in [0.15, 0.2) is 11.5 Å².